The van der Waals surface area contributed by atoms with Crippen LogP contribution in [0.4, 0.5) is 0 Å². The summed E-state index contributed by atoms with van der Waals surface area (Å²) < 4.78 is 0. The minimum Gasteiger partial charge on any atom is -0.303 e. The van der Waals surface area contributed by atoms with E-state index in [1.54, 1.807) is 0 Å². The number of fused-ring (bicyclic) bond motifs is 2. The van der Waals surface area contributed by atoms with E-state index in [4.69, 9.17) is 0 Å². The van der Waals surface area contributed by atoms with E-state index >= 15 is 0 Å². The van der Waals surface area contributed by atoms with Gasteiger partial charge in [-0.05, 0) is 44.9 Å². The van der Waals surface area contributed by atoms with Gasteiger partial charge in [-0.2, -0.15) is 0 Å². The smallest absolute Gasteiger partial charge is 0.0582 e. The number of piperidine rings is 2. The largest absolute Gasteiger partial charge is 0.303 e. The average Bonchev–Trinajstić information content (AvgIpc) is 2.45. The lowest BCUT2D eigenvalue weighted by Gasteiger charge is -2.47. The molecule has 2 atom stereocenters. The highest BCUT2D eigenvalue weighted by Crippen LogP contribution is 2.32. The van der Waals surface area contributed by atoms with Crippen LogP contribution in [0, 0.1) is 11.8 Å². The molecule has 2 heterocycles. The summed E-state index contributed by atoms with van der Waals surface area (Å²) in [6.07, 6.45) is 6.75. The summed E-state index contributed by atoms with van der Waals surface area (Å²) in [6.45, 7) is 0.808. The van der Waals surface area contributed by atoms with E-state index in [-0.39, 0.29) is 0 Å². The second-order valence-corrected chi connectivity index (χ2v) is 6.12. The van der Waals surface area contributed by atoms with Gasteiger partial charge in [-0.1, -0.05) is 36.5 Å². The fourth-order valence-corrected chi connectivity index (χ4v) is 3.65. The minimum absolute atomic E-state index is 0.659. The Kier molecular flexibility index (Phi) is 4.40. The summed E-state index contributed by atoms with van der Waals surface area (Å²) in [4.78, 5) is 2.61. The lowest BCUT2D eigenvalue weighted by atomic mass is 9.82. The zero-order valence-corrected chi connectivity index (χ0v) is 12.3. The standard InChI is InChI=1S/C18H24N2/c1-20-17-10-5-11-18(20)14-16(13-17)19-12-6-9-15-7-3-2-4-8-15/h2-4,7-8,16-19H,5,10-14H2,1H3. The summed E-state index contributed by atoms with van der Waals surface area (Å²) in [5.74, 6) is 6.47. The van der Waals surface area contributed by atoms with Crippen LogP contribution in [0.3, 0.4) is 0 Å². The van der Waals surface area contributed by atoms with Crippen molar-refractivity contribution < 1.29 is 0 Å². The first-order valence-electron chi connectivity index (χ1n) is 7.82. The third kappa shape index (κ3) is 3.23. The van der Waals surface area contributed by atoms with E-state index < -0.39 is 0 Å². The topological polar surface area (TPSA) is 15.3 Å². The van der Waals surface area contributed by atoms with Gasteiger partial charge in [0.05, 0.1) is 6.54 Å². The molecular formula is C18H24N2. The maximum absolute atomic E-state index is 3.64. The Hall–Kier alpha value is -1.30. The molecule has 0 radical (unpaired) electrons. The van der Waals surface area contributed by atoms with Gasteiger partial charge in [0.1, 0.15) is 0 Å². The normalized spacial score (nSPS) is 29.6. The first-order chi connectivity index (χ1) is 9.83. The van der Waals surface area contributed by atoms with Crippen molar-refractivity contribution in [2.24, 2.45) is 0 Å². The number of rotatable bonds is 2. The highest BCUT2D eigenvalue weighted by atomic mass is 15.2. The van der Waals surface area contributed by atoms with Crippen LogP contribution >= 0.6 is 0 Å². The van der Waals surface area contributed by atoms with Gasteiger partial charge in [0, 0.05) is 23.7 Å². The van der Waals surface area contributed by atoms with Crippen LogP contribution in [0.15, 0.2) is 30.3 Å². The molecule has 2 saturated heterocycles. The lowest BCUT2D eigenvalue weighted by Crippen LogP contribution is -2.54. The quantitative estimate of drug-likeness (QED) is 0.830. The Balaban J connectivity index is 1.49. The summed E-state index contributed by atoms with van der Waals surface area (Å²) in [5.41, 5.74) is 1.11. The van der Waals surface area contributed by atoms with Gasteiger partial charge in [-0.15, -0.1) is 0 Å². The monoisotopic (exact) mass is 268 g/mol. The second kappa shape index (κ2) is 6.43. The molecule has 0 spiro atoms. The molecule has 1 aromatic carbocycles. The molecule has 2 nitrogen and oxygen atoms in total. The Labute approximate surface area is 122 Å². The molecule has 2 heteroatoms. The van der Waals surface area contributed by atoms with Crippen molar-refractivity contribution in [3.05, 3.63) is 35.9 Å². The van der Waals surface area contributed by atoms with Crippen LogP contribution in [-0.4, -0.2) is 36.6 Å². The molecule has 0 amide bonds. The molecule has 0 aliphatic carbocycles. The Morgan fingerprint density at radius 2 is 1.85 bits per heavy atom. The molecule has 0 saturated carbocycles. The second-order valence-electron chi connectivity index (χ2n) is 6.12. The Bertz CT molecular complexity index is 471. The zero-order chi connectivity index (χ0) is 13.8. The van der Waals surface area contributed by atoms with Crippen LogP contribution in [0.1, 0.15) is 37.7 Å². The van der Waals surface area contributed by atoms with Crippen LogP contribution in [-0.2, 0) is 0 Å². The summed E-state index contributed by atoms with van der Waals surface area (Å²) >= 11 is 0. The Morgan fingerprint density at radius 3 is 2.55 bits per heavy atom. The van der Waals surface area contributed by atoms with Crippen molar-refractivity contribution in [2.45, 2.75) is 50.2 Å². The number of hydrogen-bond donors (Lipinski definition) is 1. The summed E-state index contributed by atoms with van der Waals surface area (Å²) in [6, 6.07) is 12.5. The van der Waals surface area contributed by atoms with Crippen LogP contribution in [0.2, 0.25) is 0 Å². The maximum Gasteiger partial charge on any atom is 0.0582 e. The number of nitrogens with one attached hydrogen (secondary N) is 1. The van der Waals surface area contributed by atoms with Crippen molar-refractivity contribution in [2.75, 3.05) is 13.6 Å². The van der Waals surface area contributed by atoms with E-state index in [0.29, 0.717) is 6.04 Å². The van der Waals surface area contributed by atoms with Crippen molar-refractivity contribution >= 4 is 0 Å². The molecule has 2 bridgehead atoms. The van der Waals surface area contributed by atoms with Gasteiger partial charge in [-0.25, -0.2) is 0 Å². The molecular weight excluding hydrogens is 244 g/mol. The fourth-order valence-electron chi connectivity index (χ4n) is 3.65. The van der Waals surface area contributed by atoms with E-state index in [1.807, 2.05) is 18.2 Å². The van der Waals surface area contributed by atoms with Crippen molar-refractivity contribution in [1.82, 2.24) is 10.2 Å². The predicted octanol–water partition coefficient (Wildman–Crippen LogP) is 2.64. The molecule has 2 unspecified atom stereocenters. The lowest BCUT2D eigenvalue weighted by molar-refractivity contribution is 0.0496. The van der Waals surface area contributed by atoms with Gasteiger partial charge in [0.15, 0.2) is 0 Å². The minimum atomic E-state index is 0.659. The Morgan fingerprint density at radius 1 is 1.15 bits per heavy atom. The number of nitrogens with zero attached hydrogens (tertiary/aromatic N) is 1. The van der Waals surface area contributed by atoms with Crippen molar-refractivity contribution in [3.8, 4) is 11.8 Å². The van der Waals surface area contributed by atoms with Crippen molar-refractivity contribution in [1.29, 1.82) is 0 Å². The molecule has 0 aromatic heterocycles. The summed E-state index contributed by atoms with van der Waals surface area (Å²) in [5, 5.41) is 3.64. The SMILES string of the molecule is CN1C2CCCC1CC(NCC#Cc1ccccc1)C2. The highest BCUT2D eigenvalue weighted by molar-refractivity contribution is 5.33. The average molecular weight is 268 g/mol. The third-order valence-electron chi connectivity index (χ3n) is 4.83. The third-order valence-corrected chi connectivity index (χ3v) is 4.83. The number of hydrogen-bond acceptors (Lipinski definition) is 2. The molecule has 20 heavy (non-hydrogen) atoms. The van der Waals surface area contributed by atoms with Crippen molar-refractivity contribution in [3.63, 3.8) is 0 Å². The van der Waals surface area contributed by atoms with Gasteiger partial charge in [0.25, 0.3) is 0 Å². The van der Waals surface area contributed by atoms with E-state index in [0.717, 1.165) is 24.2 Å². The highest BCUT2D eigenvalue weighted by Gasteiger charge is 2.35. The van der Waals surface area contributed by atoms with Gasteiger partial charge in [-0.3, -0.25) is 0 Å². The van der Waals surface area contributed by atoms with Crippen LogP contribution in [0.25, 0.3) is 0 Å². The molecule has 2 aliphatic heterocycles. The summed E-state index contributed by atoms with van der Waals surface area (Å²) in [7, 11) is 2.31. The molecule has 2 fully saturated rings. The predicted molar refractivity (Wildman–Crippen MR) is 83.5 cm³/mol. The fraction of sp³-hybridized carbons (Fsp3) is 0.556. The molecule has 106 valence electrons. The molecule has 1 aromatic rings. The first-order valence-corrected chi connectivity index (χ1v) is 7.82. The van der Waals surface area contributed by atoms with Crippen LogP contribution < -0.4 is 5.32 Å². The molecule has 1 N–H and O–H groups in total. The van der Waals surface area contributed by atoms with E-state index in [2.05, 4.69) is 41.2 Å². The molecule has 3 rings (SSSR count). The van der Waals surface area contributed by atoms with Gasteiger partial charge in [0.2, 0.25) is 0 Å². The first kappa shape index (κ1) is 13.7. The van der Waals surface area contributed by atoms with Crippen LogP contribution in [0.5, 0.6) is 0 Å². The zero-order valence-electron chi connectivity index (χ0n) is 12.3. The molecule has 2 aliphatic rings. The van der Waals surface area contributed by atoms with E-state index in [9.17, 15) is 0 Å². The van der Waals surface area contributed by atoms with Gasteiger partial charge >= 0.3 is 0 Å². The van der Waals surface area contributed by atoms with E-state index in [1.165, 1.54) is 32.1 Å². The van der Waals surface area contributed by atoms with Gasteiger partial charge < -0.3 is 10.2 Å². The maximum atomic E-state index is 3.64. The number of benzene rings is 1.